The lowest BCUT2D eigenvalue weighted by Crippen LogP contribution is -2.18. The second-order valence-corrected chi connectivity index (χ2v) is 4.91. The Morgan fingerprint density at radius 2 is 1.62 bits per heavy atom. The maximum Gasteiger partial charge on any atom is 0.125 e. The quantitative estimate of drug-likeness (QED) is 0.848. The van der Waals surface area contributed by atoms with E-state index in [2.05, 4.69) is 39.8 Å². The monoisotopic (exact) mass is 221 g/mol. The van der Waals surface area contributed by atoms with Crippen molar-refractivity contribution in [3.8, 4) is 5.75 Å². The van der Waals surface area contributed by atoms with Crippen LogP contribution in [-0.2, 0) is 6.42 Å². The fourth-order valence-electron chi connectivity index (χ4n) is 1.95. The number of hydrogen-bond acceptors (Lipinski definition) is 2. The van der Waals surface area contributed by atoms with Crippen molar-refractivity contribution in [1.82, 2.24) is 0 Å². The average molecular weight is 221 g/mol. The molecule has 16 heavy (non-hydrogen) atoms. The van der Waals surface area contributed by atoms with Crippen LogP contribution in [0.15, 0.2) is 12.1 Å². The highest BCUT2D eigenvalue weighted by atomic mass is 16.5. The third kappa shape index (κ3) is 3.53. The molecule has 1 aromatic carbocycles. The van der Waals surface area contributed by atoms with Crippen molar-refractivity contribution in [2.45, 2.75) is 53.2 Å². The van der Waals surface area contributed by atoms with Crippen molar-refractivity contribution in [2.24, 2.45) is 5.73 Å². The molecule has 1 atom stereocenters. The summed E-state index contributed by atoms with van der Waals surface area (Å²) >= 11 is 0. The minimum atomic E-state index is 0.204. The summed E-state index contributed by atoms with van der Waals surface area (Å²) in [5.41, 5.74) is 9.50. The van der Waals surface area contributed by atoms with Crippen LogP contribution in [0.3, 0.4) is 0 Å². The number of rotatable bonds is 4. The molecular formula is C14H23NO. The van der Waals surface area contributed by atoms with E-state index in [0.29, 0.717) is 0 Å². The maximum absolute atomic E-state index is 5.81. The van der Waals surface area contributed by atoms with Crippen LogP contribution in [0.25, 0.3) is 0 Å². The minimum absolute atomic E-state index is 0.204. The fourth-order valence-corrected chi connectivity index (χ4v) is 1.95. The van der Waals surface area contributed by atoms with Crippen LogP contribution in [0.4, 0.5) is 0 Å². The zero-order valence-corrected chi connectivity index (χ0v) is 11.0. The molecule has 90 valence electrons. The molecule has 2 nitrogen and oxygen atoms in total. The minimum Gasteiger partial charge on any atom is -0.490 e. The molecule has 1 unspecified atom stereocenters. The summed E-state index contributed by atoms with van der Waals surface area (Å²) in [4.78, 5) is 0. The first-order valence-electron chi connectivity index (χ1n) is 5.92. The molecule has 1 rings (SSSR count). The summed E-state index contributed by atoms with van der Waals surface area (Å²) in [5.74, 6) is 1.02. The van der Waals surface area contributed by atoms with E-state index >= 15 is 0 Å². The Hall–Kier alpha value is -1.02. The topological polar surface area (TPSA) is 35.2 Å². The molecule has 2 heteroatoms. The van der Waals surface area contributed by atoms with Gasteiger partial charge < -0.3 is 10.5 Å². The van der Waals surface area contributed by atoms with E-state index in [9.17, 15) is 0 Å². The lowest BCUT2D eigenvalue weighted by Gasteiger charge is -2.17. The summed E-state index contributed by atoms with van der Waals surface area (Å²) in [6.45, 7) is 10.3. The van der Waals surface area contributed by atoms with Crippen molar-refractivity contribution in [3.05, 3.63) is 28.8 Å². The molecule has 0 aliphatic heterocycles. The van der Waals surface area contributed by atoms with E-state index < -0.39 is 0 Å². The normalized spacial score (nSPS) is 12.9. The van der Waals surface area contributed by atoms with Crippen LogP contribution in [0, 0.1) is 13.8 Å². The van der Waals surface area contributed by atoms with Crippen LogP contribution < -0.4 is 10.5 Å². The van der Waals surface area contributed by atoms with Gasteiger partial charge in [0.15, 0.2) is 0 Å². The standard InChI is InChI=1S/C14H23NO/c1-9(2)16-14-10(3)6-13(7-11(14)4)8-12(5)15/h6-7,9,12H,8,15H2,1-5H3. The van der Waals surface area contributed by atoms with Gasteiger partial charge in [-0.15, -0.1) is 0 Å². The number of benzene rings is 1. The Labute approximate surface area is 98.8 Å². The molecule has 0 spiro atoms. The van der Waals surface area contributed by atoms with E-state index in [4.69, 9.17) is 10.5 Å². The largest absolute Gasteiger partial charge is 0.490 e. The predicted molar refractivity (Wildman–Crippen MR) is 69.0 cm³/mol. The van der Waals surface area contributed by atoms with Gasteiger partial charge in [0.2, 0.25) is 0 Å². The molecule has 0 fully saturated rings. The van der Waals surface area contributed by atoms with E-state index in [1.54, 1.807) is 0 Å². The Morgan fingerprint density at radius 3 is 2.00 bits per heavy atom. The number of hydrogen-bond donors (Lipinski definition) is 1. The SMILES string of the molecule is Cc1cc(CC(C)N)cc(C)c1OC(C)C. The Balaban J connectivity index is 2.98. The van der Waals surface area contributed by atoms with Crippen LogP contribution in [0.1, 0.15) is 37.5 Å². The summed E-state index contributed by atoms with van der Waals surface area (Å²) in [7, 11) is 0. The van der Waals surface area contributed by atoms with Crippen LogP contribution >= 0.6 is 0 Å². The van der Waals surface area contributed by atoms with Gasteiger partial charge in [-0.25, -0.2) is 0 Å². The number of ether oxygens (including phenoxy) is 1. The summed E-state index contributed by atoms with van der Waals surface area (Å²) < 4.78 is 5.80. The van der Waals surface area contributed by atoms with Crippen LogP contribution in [0.5, 0.6) is 5.75 Å². The third-order valence-corrected chi connectivity index (χ3v) is 2.43. The van der Waals surface area contributed by atoms with E-state index in [0.717, 1.165) is 12.2 Å². The average Bonchev–Trinajstić information content (AvgIpc) is 2.10. The molecule has 2 N–H and O–H groups in total. The summed E-state index contributed by atoms with van der Waals surface area (Å²) in [6, 6.07) is 4.55. The molecular weight excluding hydrogens is 198 g/mol. The Kier molecular flexibility index (Phi) is 4.36. The summed E-state index contributed by atoms with van der Waals surface area (Å²) in [6.07, 6.45) is 1.14. The molecule has 0 bridgehead atoms. The first-order chi connectivity index (χ1) is 7.40. The molecule has 1 aromatic rings. The van der Waals surface area contributed by atoms with E-state index in [1.165, 1.54) is 16.7 Å². The maximum atomic E-state index is 5.81. The second kappa shape index (κ2) is 5.35. The van der Waals surface area contributed by atoms with Crippen LogP contribution in [-0.4, -0.2) is 12.1 Å². The van der Waals surface area contributed by atoms with Crippen molar-refractivity contribution in [3.63, 3.8) is 0 Å². The van der Waals surface area contributed by atoms with Gasteiger partial charge in [0.1, 0.15) is 5.75 Å². The molecule has 0 heterocycles. The van der Waals surface area contributed by atoms with Crippen molar-refractivity contribution >= 4 is 0 Å². The number of aryl methyl sites for hydroxylation is 2. The zero-order valence-electron chi connectivity index (χ0n) is 11.0. The molecule has 0 aromatic heterocycles. The molecule has 0 saturated heterocycles. The van der Waals surface area contributed by atoms with Gasteiger partial charge in [-0.2, -0.15) is 0 Å². The van der Waals surface area contributed by atoms with Gasteiger partial charge in [0.05, 0.1) is 6.10 Å². The van der Waals surface area contributed by atoms with Crippen molar-refractivity contribution in [1.29, 1.82) is 0 Å². The number of nitrogens with two attached hydrogens (primary N) is 1. The lowest BCUT2D eigenvalue weighted by molar-refractivity contribution is 0.239. The van der Waals surface area contributed by atoms with Gasteiger partial charge in [-0.3, -0.25) is 0 Å². The second-order valence-electron chi connectivity index (χ2n) is 4.91. The molecule has 0 amide bonds. The third-order valence-electron chi connectivity index (χ3n) is 2.43. The molecule has 0 saturated carbocycles. The summed E-state index contributed by atoms with van der Waals surface area (Å²) in [5, 5.41) is 0. The van der Waals surface area contributed by atoms with Crippen molar-refractivity contribution < 1.29 is 4.74 Å². The van der Waals surface area contributed by atoms with Gasteiger partial charge in [0, 0.05) is 6.04 Å². The van der Waals surface area contributed by atoms with Crippen LogP contribution in [0.2, 0.25) is 0 Å². The van der Waals surface area contributed by atoms with Gasteiger partial charge in [-0.1, -0.05) is 12.1 Å². The fraction of sp³-hybridized carbons (Fsp3) is 0.571. The first-order valence-corrected chi connectivity index (χ1v) is 5.92. The highest BCUT2D eigenvalue weighted by molar-refractivity contribution is 5.43. The Bertz CT molecular complexity index is 333. The van der Waals surface area contributed by atoms with Gasteiger partial charge in [0.25, 0.3) is 0 Å². The zero-order chi connectivity index (χ0) is 12.3. The highest BCUT2D eigenvalue weighted by Crippen LogP contribution is 2.26. The lowest BCUT2D eigenvalue weighted by atomic mass is 10.0. The Morgan fingerprint density at radius 1 is 1.12 bits per heavy atom. The molecule has 0 aliphatic carbocycles. The van der Waals surface area contributed by atoms with Crippen molar-refractivity contribution in [2.75, 3.05) is 0 Å². The molecule has 0 aliphatic rings. The van der Waals surface area contributed by atoms with Gasteiger partial charge in [-0.05, 0) is 57.7 Å². The highest BCUT2D eigenvalue weighted by Gasteiger charge is 2.08. The predicted octanol–water partition coefficient (Wildman–Crippen LogP) is 2.98. The first kappa shape index (κ1) is 13.0. The van der Waals surface area contributed by atoms with Gasteiger partial charge >= 0.3 is 0 Å². The smallest absolute Gasteiger partial charge is 0.125 e. The molecule has 0 radical (unpaired) electrons. The van der Waals surface area contributed by atoms with E-state index in [-0.39, 0.29) is 12.1 Å². The van der Waals surface area contributed by atoms with E-state index in [1.807, 2.05) is 6.92 Å².